The zero-order valence-electron chi connectivity index (χ0n) is 18.5. The molecule has 0 bridgehead atoms. The third-order valence-corrected chi connectivity index (χ3v) is 6.17. The van der Waals surface area contributed by atoms with Gasteiger partial charge in [0.05, 0.1) is 29.4 Å². The van der Waals surface area contributed by atoms with Crippen LogP contribution in [-0.4, -0.2) is 30.1 Å². The van der Waals surface area contributed by atoms with Gasteiger partial charge in [-0.1, -0.05) is 17.8 Å². The lowest BCUT2D eigenvalue weighted by Gasteiger charge is -2.28. The van der Waals surface area contributed by atoms with E-state index in [0.29, 0.717) is 27.7 Å². The fraction of sp³-hybridized carbons (Fsp3) is 0.250. The van der Waals surface area contributed by atoms with E-state index in [1.54, 1.807) is 37.3 Å². The molecule has 0 amide bonds. The maximum Gasteiger partial charge on any atom is 0.338 e. The summed E-state index contributed by atoms with van der Waals surface area (Å²) in [7, 11) is 0. The Labute approximate surface area is 200 Å². The molecular weight excluding hydrogens is 456 g/mol. The summed E-state index contributed by atoms with van der Waals surface area (Å²) in [5.41, 5.74) is 8.11. The van der Waals surface area contributed by atoms with E-state index in [0.717, 1.165) is 5.69 Å². The Kier molecular flexibility index (Phi) is 6.62. The molecule has 1 aromatic heterocycles. The molecule has 4 rings (SSSR count). The number of ether oxygens (including phenoxy) is 4. The van der Waals surface area contributed by atoms with Crippen molar-refractivity contribution in [1.82, 2.24) is 4.98 Å². The number of esters is 1. The molecule has 1 atom stereocenters. The Morgan fingerprint density at radius 1 is 1.24 bits per heavy atom. The number of nitrogens with two attached hydrogens (primary N) is 1. The molecule has 3 heterocycles. The smallest absolute Gasteiger partial charge is 0.338 e. The molecule has 172 valence electrons. The van der Waals surface area contributed by atoms with Crippen molar-refractivity contribution in [2.24, 2.45) is 5.73 Å². The average molecular weight is 477 g/mol. The van der Waals surface area contributed by atoms with Gasteiger partial charge in [0, 0.05) is 5.69 Å². The number of aromatic nitrogens is 1. The molecule has 0 unspecified atom stereocenters. The van der Waals surface area contributed by atoms with Crippen molar-refractivity contribution in [3.63, 3.8) is 0 Å². The summed E-state index contributed by atoms with van der Waals surface area (Å²) in [6.45, 7) is 3.73. The third-order valence-electron chi connectivity index (χ3n) is 5.18. The van der Waals surface area contributed by atoms with Gasteiger partial charge in [-0.2, -0.15) is 10.5 Å². The van der Waals surface area contributed by atoms with E-state index < -0.39 is 11.9 Å². The molecule has 0 fully saturated rings. The Hall–Kier alpha value is -4.15. The Balaban J connectivity index is 1.79. The first kappa shape index (κ1) is 23.0. The summed E-state index contributed by atoms with van der Waals surface area (Å²) in [5, 5.41) is 19.8. The standard InChI is InChI=1S/C24H20N4O5S/c1-3-30-24(29)21-19(11-34-23-15(9-25)5-4-13(2)28-23)33-22(27)16(10-26)20(21)14-6-7-17-18(8-14)32-12-31-17/h4-8,20H,3,11-12,27H2,1-2H3/t20-/m0/s1. The van der Waals surface area contributed by atoms with Crippen LogP contribution in [0.3, 0.4) is 0 Å². The van der Waals surface area contributed by atoms with Gasteiger partial charge in [0.1, 0.15) is 28.5 Å². The lowest BCUT2D eigenvalue weighted by molar-refractivity contribution is -0.139. The first-order valence-electron chi connectivity index (χ1n) is 10.3. The highest BCUT2D eigenvalue weighted by atomic mass is 32.2. The van der Waals surface area contributed by atoms with E-state index in [9.17, 15) is 15.3 Å². The minimum Gasteiger partial charge on any atom is -0.463 e. The highest BCUT2D eigenvalue weighted by Crippen LogP contribution is 2.44. The Bertz CT molecular complexity index is 1310. The van der Waals surface area contributed by atoms with E-state index in [-0.39, 0.29) is 41.9 Å². The van der Waals surface area contributed by atoms with Crippen molar-refractivity contribution in [2.45, 2.75) is 24.8 Å². The fourth-order valence-corrected chi connectivity index (χ4v) is 4.61. The number of carbonyl (C=O) groups is 1. The molecule has 2 aliphatic heterocycles. The molecule has 1 aromatic carbocycles. The van der Waals surface area contributed by atoms with Crippen LogP contribution < -0.4 is 15.2 Å². The maximum atomic E-state index is 13.1. The highest BCUT2D eigenvalue weighted by molar-refractivity contribution is 7.99. The number of nitriles is 2. The second kappa shape index (κ2) is 9.77. The van der Waals surface area contributed by atoms with Crippen LogP contribution in [-0.2, 0) is 14.3 Å². The zero-order valence-corrected chi connectivity index (χ0v) is 19.3. The third kappa shape index (κ3) is 4.36. The van der Waals surface area contributed by atoms with Gasteiger partial charge in [-0.05, 0) is 43.7 Å². The van der Waals surface area contributed by atoms with Crippen LogP contribution in [0, 0.1) is 29.6 Å². The summed E-state index contributed by atoms with van der Waals surface area (Å²) in [6, 6.07) is 12.8. The largest absolute Gasteiger partial charge is 0.463 e. The minimum atomic E-state index is -0.830. The van der Waals surface area contributed by atoms with Gasteiger partial charge in [0.2, 0.25) is 12.7 Å². The predicted molar refractivity (Wildman–Crippen MR) is 121 cm³/mol. The van der Waals surface area contributed by atoms with E-state index in [1.807, 2.05) is 6.92 Å². The number of nitrogens with zero attached hydrogens (tertiary/aromatic N) is 3. The number of pyridine rings is 1. The number of aryl methyl sites for hydroxylation is 1. The normalized spacial score (nSPS) is 16.5. The van der Waals surface area contributed by atoms with Crippen LogP contribution in [0.5, 0.6) is 11.5 Å². The molecular formula is C24H20N4O5S. The number of hydrogen-bond donors (Lipinski definition) is 1. The van der Waals surface area contributed by atoms with Crippen molar-refractivity contribution in [3.8, 4) is 23.6 Å². The van der Waals surface area contributed by atoms with Gasteiger partial charge in [-0.3, -0.25) is 0 Å². The monoisotopic (exact) mass is 476 g/mol. The Morgan fingerprint density at radius 2 is 2.03 bits per heavy atom. The van der Waals surface area contributed by atoms with E-state index in [4.69, 9.17) is 24.7 Å². The molecule has 0 spiro atoms. The molecule has 0 aliphatic carbocycles. The first-order chi connectivity index (χ1) is 16.5. The number of carbonyl (C=O) groups excluding carboxylic acids is 1. The lowest BCUT2D eigenvalue weighted by atomic mass is 9.83. The van der Waals surface area contributed by atoms with Crippen molar-refractivity contribution in [2.75, 3.05) is 19.2 Å². The highest BCUT2D eigenvalue weighted by Gasteiger charge is 2.38. The molecule has 2 aromatic rings. The number of fused-ring (bicyclic) bond motifs is 1. The molecule has 0 saturated carbocycles. The van der Waals surface area contributed by atoms with Crippen LogP contribution in [0.4, 0.5) is 0 Å². The quantitative estimate of drug-likeness (QED) is 0.487. The maximum absolute atomic E-state index is 13.1. The van der Waals surface area contributed by atoms with Gasteiger partial charge in [0.25, 0.3) is 0 Å². The van der Waals surface area contributed by atoms with Gasteiger partial charge in [-0.15, -0.1) is 0 Å². The molecule has 10 heteroatoms. The second-order valence-electron chi connectivity index (χ2n) is 7.30. The van der Waals surface area contributed by atoms with Gasteiger partial charge < -0.3 is 24.7 Å². The van der Waals surface area contributed by atoms with E-state index >= 15 is 0 Å². The summed E-state index contributed by atoms with van der Waals surface area (Å²) >= 11 is 1.23. The van der Waals surface area contributed by atoms with Gasteiger partial charge in [-0.25, -0.2) is 9.78 Å². The predicted octanol–water partition coefficient (Wildman–Crippen LogP) is 3.41. The van der Waals surface area contributed by atoms with Gasteiger partial charge in [0.15, 0.2) is 11.5 Å². The fourth-order valence-electron chi connectivity index (χ4n) is 3.65. The van der Waals surface area contributed by atoms with Crippen LogP contribution in [0.1, 0.15) is 29.7 Å². The number of allylic oxidation sites excluding steroid dienone is 1. The summed E-state index contributed by atoms with van der Waals surface area (Å²) < 4.78 is 21.9. The molecule has 34 heavy (non-hydrogen) atoms. The zero-order chi connectivity index (χ0) is 24.2. The SMILES string of the molecule is CCOC(=O)C1=C(CSc2nc(C)ccc2C#N)OC(N)=C(C#N)[C@@H]1c1ccc2c(c1)OCO2. The number of rotatable bonds is 6. The molecule has 0 radical (unpaired) electrons. The van der Waals surface area contributed by atoms with Crippen LogP contribution in [0.2, 0.25) is 0 Å². The van der Waals surface area contributed by atoms with Gasteiger partial charge >= 0.3 is 5.97 Å². The Morgan fingerprint density at radius 3 is 2.76 bits per heavy atom. The number of hydrogen-bond acceptors (Lipinski definition) is 10. The average Bonchev–Trinajstić information content (AvgIpc) is 3.30. The lowest BCUT2D eigenvalue weighted by Crippen LogP contribution is -2.27. The summed E-state index contributed by atoms with van der Waals surface area (Å²) in [4.78, 5) is 17.5. The summed E-state index contributed by atoms with van der Waals surface area (Å²) in [6.07, 6.45) is 0. The van der Waals surface area contributed by atoms with Crippen molar-refractivity contribution >= 4 is 17.7 Å². The summed E-state index contributed by atoms with van der Waals surface area (Å²) in [5.74, 6) is -0.122. The van der Waals surface area contributed by atoms with E-state index in [2.05, 4.69) is 17.1 Å². The first-order valence-corrected chi connectivity index (χ1v) is 11.3. The minimum absolute atomic E-state index is 0.0852. The van der Waals surface area contributed by atoms with Crippen molar-refractivity contribution in [1.29, 1.82) is 10.5 Å². The topological polar surface area (TPSA) is 140 Å². The van der Waals surface area contributed by atoms with Crippen molar-refractivity contribution < 1.29 is 23.7 Å². The second-order valence-corrected chi connectivity index (χ2v) is 8.26. The van der Waals surface area contributed by atoms with E-state index in [1.165, 1.54) is 11.8 Å². The molecule has 2 N–H and O–H groups in total. The molecule has 2 aliphatic rings. The number of benzene rings is 1. The molecule has 9 nitrogen and oxygen atoms in total. The van der Waals surface area contributed by atoms with Crippen LogP contribution in [0.25, 0.3) is 0 Å². The van der Waals surface area contributed by atoms with Crippen LogP contribution >= 0.6 is 11.8 Å². The van der Waals surface area contributed by atoms with Crippen LogP contribution in [0.15, 0.2) is 58.1 Å². The number of thioether (sulfide) groups is 1. The van der Waals surface area contributed by atoms with Crippen molar-refractivity contribution in [3.05, 3.63) is 69.9 Å². The molecule has 0 saturated heterocycles.